The van der Waals surface area contributed by atoms with Crippen molar-refractivity contribution >= 4 is 11.8 Å². The van der Waals surface area contributed by atoms with Crippen LogP contribution in [0.3, 0.4) is 0 Å². The molecule has 0 radical (unpaired) electrons. The summed E-state index contributed by atoms with van der Waals surface area (Å²) in [6, 6.07) is 4.12. The minimum absolute atomic E-state index is 0.311. The van der Waals surface area contributed by atoms with Gasteiger partial charge in [0.15, 0.2) is 0 Å². The first kappa shape index (κ1) is 14.8. The summed E-state index contributed by atoms with van der Waals surface area (Å²) in [5.74, 6) is 1.20. The largest absolute Gasteiger partial charge is 0.462 e. The number of esters is 1. The van der Waals surface area contributed by atoms with Crippen LogP contribution >= 0.6 is 0 Å². The summed E-state index contributed by atoms with van der Waals surface area (Å²) in [5.41, 5.74) is 0.506. The fourth-order valence-corrected chi connectivity index (χ4v) is 2.71. The van der Waals surface area contributed by atoms with Gasteiger partial charge in [0.05, 0.1) is 12.2 Å². The Morgan fingerprint density at radius 1 is 1.35 bits per heavy atom. The van der Waals surface area contributed by atoms with Gasteiger partial charge in [-0.3, -0.25) is 0 Å². The maximum Gasteiger partial charge on any atom is 0.339 e. The summed E-state index contributed by atoms with van der Waals surface area (Å²) in [5, 5.41) is 3.51. The molecule has 1 N–H and O–H groups in total. The highest BCUT2D eigenvalue weighted by atomic mass is 16.5. The van der Waals surface area contributed by atoms with E-state index in [-0.39, 0.29) is 5.97 Å². The fourth-order valence-electron chi connectivity index (χ4n) is 2.71. The number of rotatable bonds is 4. The third-order valence-corrected chi connectivity index (χ3v) is 3.97. The molecule has 2 rings (SSSR count). The Morgan fingerprint density at radius 2 is 2.15 bits per heavy atom. The molecule has 20 heavy (non-hydrogen) atoms. The number of carbonyl (C=O) groups excluding carboxylic acids is 1. The van der Waals surface area contributed by atoms with Crippen molar-refractivity contribution in [3.63, 3.8) is 0 Å². The molecule has 0 aromatic carbocycles. The van der Waals surface area contributed by atoms with Crippen molar-refractivity contribution in [2.45, 2.75) is 52.0 Å². The minimum Gasteiger partial charge on any atom is -0.462 e. The molecule has 0 saturated heterocycles. The van der Waals surface area contributed by atoms with E-state index in [2.05, 4.69) is 17.2 Å². The van der Waals surface area contributed by atoms with Gasteiger partial charge < -0.3 is 10.1 Å². The van der Waals surface area contributed by atoms with E-state index in [1.807, 2.05) is 6.07 Å². The van der Waals surface area contributed by atoms with Crippen molar-refractivity contribution in [1.82, 2.24) is 4.98 Å². The highest BCUT2D eigenvalue weighted by Crippen LogP contribution is 2.25. The Labute approximate surface area is 120 Å². The summed E-state index contributed by atoms with van der Waals surface area (Å²) >= 11 is 0. The number of carbonyl (C=O) groups is 1. The second-order valence-electron chi connectivity index (χ2n) is 5.52. The quantitative estimate of drug-likeness (QED) is 0.674. The second kappa shape index (κ2) is 7.27. The zero-order chi connectivity index (χ0) is 14.4. The summed E-state index contributed by atoms with van der Waals surface area (Å²) in [6.07, 6.45) is 8.00. The van der Waals surface area contributed by atoms with Crippen molar-refractivity contribution in [2.75, 3.05) is 11.9 Å². The van der Waals surface area contributed by atoms with Crippen LogP contribution in [0, 0.1) is 5.92 Å². The molecule has 0 aliphatic heterocycles. The minimum atomic E-state index is -0.311. The number of ether oxygens (including phenoxy) is 1. The van der Waals surface area contributed by atoms with Gasteiger partial charge in [0.1, 0.15) is 5.82 Å². The molecule has 4 nitrogen and oxygen atoms in total. The summed E-state index contributed by atoms with van der Waals surface area (Å²) in [4.78, 5) is 15.9. The smallest absolute Gasteiger partial charge is 0.339 e. The lowest BCUT2D eigenvalue weighted by atomic mass is 9.97. The van der Waals surface area contributed by atoms with Crippen molar-refractivity contribution in [1.29, 1.82) is 0 Å². The Bertz CT molecular complexity index is 431. The van der Waals surface area contributed by atoms with E-state index in [1.54, 1.807) is 19.2 Å². The van der Waals surface area contributed by atoms with Crippen molar-refractivity contribution in [2.24, 2.45) is 5.92 Å². The van der Waals surface area contributed by atoms with Crippen LogP contribution in [0.15, 0.2) is 18.3 Å². The molecule has 0 spiro atoms. The normalized spacial score (nSPS) is 22.9. The van der Waals surface area contributed by atoms with Gasteiger partial charge >= 0.3 is 5.97 Å². The molecule has 4 heteroatoms. The van der Waals surface area contributed by atoms with Crippen LogP contribution in [0.1, 0.15) is 56.3 Å². The number of anilines is 1. The Morgan fingerprint density at radius 3 is 2.85 bits per heavy atom. The molecule has 1 aromatic heterocycles. The van der Waals surface area contributed by atoms with Gasteiger partial charge in [-0.25, -0.2) is 9.78 Å². The maximum atomic E-state index is 11.6. The van der Waals surface area contributed by atoms with Crippen LogP contribution in [0.5, 0.6) is 0 Å². The lowest BCUT2D eigenvalue weighted by molar-refractivity contribution is 0.0526. The number of nitrogens with one attached hydrogen (secondary N) is 1. The molecule has 0 amide bonds. The van der Waals surface area contributed by atoms with E-state index < -0.39 is 0 Å². The number of hydrogen-bond donors (Lipinski definition) is 1. The lowest BCUT2D eigenvalue weighted by Crippen LogP contribution is -2.26. The summed E-state index contributed by atoms with van der Waals surface area (Å²) in [6.45, 7) is 4.49. The van der Waals surface area contributed by atoms with Crippen molar-refractivity contribution in [3.8, 4) is 0 Å². The van der Waals surface area contributed by atoms with Gasteiger partial charge in [-0.05, 0) is 37.8 Å². The first-order valence-electron chi connectivity index (χ1n) is 7.60. The predicted octanol–water partition coefficient (Wildman–Crippen LogP) is 3.64. The molecule has 1 saturated carbocycles. The predicted molar refractivity (Wildman–Crippen MR) is 79.9 cm³/mol. The average molecular weight is 276 g/mol. The number of pyridine rings is 1. The molecule has 1 aliphatic rings. The summed E-state index contributed by atoms with van der Waals surface area (Å²) in [7, 11) is 0. The van der Waals surface area contributed by atoms with Gasteiger partial charge in [-0.1, -0.05) is 26.2 Å². The van der Waals surface area contributed by atoms with Crippen LogP contribution in [-0.4, -0.2) is 23.6 Å². The molecule has 2 atom stereocenters. The molecular weight excluding hydrogens is 252 g/mol. The number of hydrogen-bond acceptors (Lipinski definition) is 4. The first-order valence-corrected chi connectivity index (χ1v) is 7.60. The van der Waals surface area contributed by atoms with E-state index >= 15 is 0 Å². The van der Waals surface area contributed by atoms with Gasteiger partial charge in [0, 0.05) is 12.2 Å². The molecular formula is C16H24N2O2. The van der Waals surface area contributed by atoms with Crippen LogP contribution in [0.4, 0.5) is 5.82 Å². The van der Waals surface area contributed by atoms with E-state index in [4.69, 9.17) is 4.74 Å². The van der Waals surface area contributed by atoms with Gasteiger partial charge in [0.2, 0.25) is 0 Å². The molecule has 2 unspecified atom stereocenters. The van der Waals surface area contributed by atoms with Crippen molar-refractivity contribution in [3.05, 3.63) is 23.9 Å². The highest BCUT2D eigenvalue weighted by Gasteiger charge is 2.20. The van der Waals surface area contributed by atoms with Gasteiger partial charge in [0.25, 0.3) is 0 Å². The molecule has 1 heterocycles. The van der Waals surface area contributed by atoms with Crippen LogP contribution < -0.4 is 5.32 Å². The Hall–Kier alpha value is -1.58. The number of nitrogens with zero attached hydrogens (tertiary/aromatic N) is 1. The topological polar surface area (TPSA) is 51.2 Å². The lowest BCUT2D eigenvalue weighted by Gasteiger charge is -2.23. The first-order chi connectivity index (χ1) is 9.70. The van der Waals surface area contributed by atoms with Crippen LogP contribution in [-0.2, 0) is 4.74 Å². The second-order valence-corrected chi connectivity index (χ2v) is 5.52. The van der Waals surface area contributed by atoms with Gasteiger partial charge in [-0.2, -0.15) is 0 Å². The molecule has 1 aliphatic carbocycles. The Kier molecular flexibility index (Phi) is 5.39. The van der Waals surface area contributed by atoms with E-state index in [1.165, 1.54) is 32.1 Å². The van der Waals surface area contributed by atoms with E-state index in [0.29, 0.717) is 24.1 Å². The standard InChI is InChI=1S/C16H24N2O2/c1-3-20-16(19)13-9-10-15(17-11-13)18-14-8-6-4-5-7-12(14)2/h9-12,14H,3-8H2,1-2H3,(H,17,18). The fraction of sp³-hybridized carbons (Fsp3) is 0.625. The zero-order valence-corrected chi connectivity index (χ0v) is 12.4. The molecule has 1 aromatic rings. The third kappa shape index (κ3) is 3.95. The highest BCUT2D eigenvalue weighted by molar-refractivity contribution is 5.89. The SMILES string of the molecule is CCOC(=O)c1ccc(NC2CCCCCC2C)nc1. The van der Waals surface area contributed by atoms with Gasteiger partial charge in [-0.15, -0.1) is 0 Å². The number of aromatic nitrogens is 1. The Balaban J connectivity index is 1.97. The molecule has 110 valence electrons. The average Bonchev–Trinajstić information content (AvgIpc) is 2.65. The van der Waals surface area contributed by atoms with Crippen LogP contribution in [0.25, 0.3) is 0 Å². The van der Waals surface area contributed by atoms with E-state index in [0.717, 1.165) is 5.82 Å². The van der Waals surface area contributed by atoms with Crippen LogP contribution in [0.2, 0.25) is 0 Å². The summed E-state index contributed by atoms with van der Waals surface area (Å²) < 4.78 is 4.95. The molecule has 1 fully saturated rings. The molecule has 0 bridgehead atoms. The monoisotopic (exact) mass is 276 g/mol. The maximum absolute atomic E-state index is 11.6. The van der Waals surface area contributed by atoms with E-state index in [9.17, 15) is 4.79 Å². The third-order valence-electron chi connectivity index (χ3n) is 3.97. The van der Waals surface area contributed by atoms with Crippen molar-refractivity contribution < 1.29 is 9.53 Å². The zero-order valence-electron chi connectivity index (χ0n) is 12.4.